The molecule has 0 bridgehead atoms. The number of hydrogen-bond acceptors (Lipinski definition) is 11. The molecule has 17 heteroatoms. The van der Waals surface area contributed by atoms with E-state index in [0.29, 0.717) is 63.2 Å². The van der Waals surface area contributed by atoms with Crippen molar-refractivity contribution in [1.29, 1.82) is 0 Å². The minimum absolute atomic E-state index is 0.0140. The number of rotatable bonds is 11. The summed E-state index contributed by atoms with van der Waals surface area (Å²) in [6.45, 7) is 4.14. The van der Waals surface area contributed by atoms with E-state index < -0.39 is 27.5 Å². The summed E-state index contributed by atoms with van der Waals surface area (Å²) in [6, 6.07) is 5.10. The first-order valence-electron chi connectivity index (χ1n) is 13.6. The summed E-state index contributed by atoms with van der Waals surface area (Å²) >= 11 is 5.64. The van der Waals surface area contributed by atoms with Crippen molar-refractivity contribution in [2.75, 3.05) is 94.7 Å². The number of halogens is 3. The molecule has 2 aliphatic heterocycles. The second kappa shape index (κ2) is 13.2. The van der Waals surface area contributed by atoms with Crippen molar-refractivity contribution in [3.8, 4) is 11.7 Å². The van der Waals surface area contributed by atoms with Crippen LogP contribution in [0, 0.1) is 0 Å². The molecule has 0 atom stereocenters. The molecular weight excluding hydrogens is 596 g/mol. The molecule has 230 valence electrons. The third kappa shape index (κ3) is 6.67. The zero-order chi connectivity index (χ0) is 29.9. The first kappa shape index (κ1) is 30.5. The lowest BCUT2D eigenvalue weighted by Gasteiger charge is -2.34. The summed E-state index contributed by atoms with van der Waals surface area (Å²) in [4.78, 5) is 23.9. The van der Waals surface area contributed by atoms with Gasteiger partial charge < -0.3 is 24.2 Å². The fourth-order valence-electron chi connectivity index (χ4n) is 4.85. The smallest absolute Gasteiger partial charge is 0.296 e. The summed E-state index contributed by atoms with van der Waals surface area (Å²) in [5.74, 6) is 0.429. The van der Waals surface area contributed by atoms with Crippen molar-refractivity contribution in [3.05, 3.63) is 24.0 Å². The highest BCUT2D eigenvalue weighted by molar-refractivity contribution is 7.90. The van der Waals surface area contributed by atoms with Crippen molar-refractivity contribution in [1.82, 2.24) is 33.7 Å². The highest BCUT2D eigenvalue weighted by Crippen LogP contribution is 2.33. The number of benzene rings is 1. The van der Waals surface area contributed by atoms with Gasteiger partial charge in [-0.1, -0.05) is 6.07 Å². The normalized spacial score (nSPS) is 17.1. The first-order valence-corrected chi connectivity index (χ1v) is 15.8. The lowest BCUT2D eigenvalue weighted by atomic mass is 10.3. The van der Waals surface area contributed by atoms with E-state index in [1.807, 2.05) is 28.8 Å². The third-order valence-corrected chi connectivity index (χ3v) is 9.28. The van der Waals surface area contributed by atoms with Gasteiger partial charge in [0, 0.05) is 45.8 Å². The van der Waals surface area contributed by atoms with Gasteiger partial charge in [0.05, 0.1) is 25.3 Å². The number of alkyl halides is 3. The SMILES string of the molecule is CN(C)CCCOc1cccc2c1nc(C(F)F)n2-c1nc(N2CCOCC2)nc(N2CCN(S(=O)(=O)CCl)CC2)n1. The zero-order valence-corrected chi connectivity index (χ0v) is 25.1. The third-order valence-electron chi connectivity index (χ3n) is 7.02. The fourth-order valence-corrected chi connectivity index (χ4v) is 6.12. The summed E-state index contributed by atoms with van der Waals surface area (Å²) in [5, 5.41) is -0.504. The van der Waals surface area contributed by atoms with Gasteiger partial charge in [-0.05, 0) is 32.6 Å². The molecule has 0 amide bonds. The molecule has 2 fully saturated rings. The minimum Gasteiger partial charge on any atom is -0.491 e. The average Bonchev–Trinajstić information content (AvgIpc) is 3.40. The van der Waals surface area contributed by atoms with Gasteiger partial charge in [0.2, 0.25) is 27.9 Å². The summed E-state index contributed by atoms with van der Waals surface area (Å²) in [5.41, 5.74) is 0.658. The number of para-hydroxylation sites is 1. The van der Waals surface area contributed by atoms with Crippen LogP contribution in [0.3, 0.4) is 0 Å². The number of anilines is 2. The van der Waals surface area contributed by atoms with Gasteiger partial charge in [-0.3, -0.25) is 4.57 Å². The van der Waals surface area contributed by atoms with E-state index in [2.05, 4.69) is 19.9 Å². The van der Waals surface area contributed by atoms with E-state index in [1.54, 1.807) is 18.2 Å². The van der Waals surface area contributed by atoms with E-state index in [9.17, 15) is 17.2 Å². The molecule has 1 aromatic carbocycles. The van der Waals surface area contributed by atoms with Crippen LogP contribution in [0.1, 0.15) is 18.7 Å². The maximum Gasteiger partial charge on any atom is 0.296 e. The lowest BCUT2D eigenvalue weighted by Crippen LogP contribution is -2.49. The van der Waals surface area contributed by atoms with Crippen LogP contribution in [0.15, 0.2) is 18.2 Å². The number of aromatic nitrogens is 5. The molecule has 0 aliphatic carbocycles. The fraction of sp³-hybridized carbons (Fsp3) is 0.600. The topological polar surface area (TPSA) is 122 Å². The highest BCUT2D eigenvalue weighted by Gasteiger charge is 2.30. The van der Waals surface area contributed by atoms with Crippen LogP contribution >= 0.6 is 11.6 Å². The number of ether oxygens (including phenoxy) is 2. The Labute approximate surface area is 248 Å². The Kier molecular flexibility index (Phi) is 9.57. The minimum atomic E-state index is -3.57. The standard InChI is InChI=1S/C25H34ClF2N9O4S/c1-33(2)7-4-14-41-19-6-3-5-18-20(19)29-22(21(27)28)37(18)25-31-23(30-24(32-25)35-12-15-40-16-13-35)34-8-10-36(11-9-34)42(38,39)17-26/h3,5-6,21H,4,7-17H2,1-2H3. The van der Waals surface area contributed by atoms with Crippen LogP contribution in [0.5, 0.6) is 5.75 Å². The van der Waals surface area contributed by atoms with Gasteiger partial charge in [-0.2, -0.15) is 19.3 Å². The van der Waals surface area contributed by atoms with E-state index in [1.165, 1.54) is 8.87 Å². The predicted octanol–water partition coefficient (Wildman–Crippen LogP) is 1.96. The second-order valence-corrected chi connectivity index (χ2v) is 12.7. The molecule has 5 rings (SSSR count). The maximum absolute atomic E-state index is 14.5. The predicted molar refractivity (Wildman–Crippen MR) is 155 cm³/mol. The van der Waals surface area contributed by atoms with Gasteiger partial charge in [-0.15, -0.1) is 11.6 Å². The van der Waals surface area contributed by atoms with Gasteiger partial charge in [-0.25, -0.2) is 22.2 Å². The quantitative estimate of drug-likeness (QED) is 0.229. The number of morpholine rings is 1. The second-order valence-electron chi connectivity index (χ2n) is 10.2. The number of hydrogen-bond donors (Lipinski definition) is 0. The van der Waals surface area contributed by atoms with Crippen LogP contribution in [0.4, 0.5) is 20.7 Å². The van der Waals surface area contributed by atoms with Crippen LogP contribution < -0.4 is 14.5 Å². The number of imidazole rings is 1. The molecule has 2 aliphatic rings. The molecular formula is C25H34ClF2N9O4S. The van der Waals surface area contributed by atoms with Crippen molar-refractivity contribution < 1.29 is 26.7 Å². The lowest BCUT2D eigenvalue weighted by molar-refractivity contribution is 0.122. The summed E-state index contributed by atoms with van der Waals surface area (Å²) in [7, 11) is 0.365. The Balaban J connectivity index is 1.54. The number of fused-ring (bicyclic) bond motifs is 1. The van der Waals surface area contributed by atoms with Crippen LogP contribution in [0.2, 0.25) is 0 Å². The Bertz CT molecular complexity index is 1480. The van der Waals surface area contributed by atoms with Crippen molar-refractivity contribution in [2.45, 2.75) is 12.8 Å². The van der Waals surface area contributed by atoms with Crippen molar-refractivity contribution >= 4 is 44.6 Å². The average molecular weight is 630 g/mol. The molecule has 0 N–H and O–H groups in total. The molecule has 2 saturated heterocycles. The van der Waals surface area contributed by atoms with Gasteiger partial charge in [0.25, 0.3) is 6.43 Å². The Morgan fingerprint density at radius 1 is 0.976 bits per heavy atom. The molecule has 0 radical (unpaired) electrons. The van der Waals surface area contributed by atoms with Gasteiger partial charge in [0.15, 0.2) is 5.82 Å². The Morgan fingerprint density at radius 3 is 2.24 bits per heavy atom. The maximum atomic E-state index is 14.5. The Morgan fingerprint density at radius 2 is 1.62 bits per heavy atom. The summed E-state index contributed by atoms with van der Waals surface area (Å²) < 4.78 is 67.4. The monoisotopic (exact) mass is 629 g/mol. The van der Waals surface area contributed by atoms with Crippen LogP contribution in [-0.2, 0) is 14.8 Å². The van der Waals surface area contributed by atoms with E-state index in [4.69, 9.17) is 21.1 Å². The van der Waals surface area contributed by atoms with Gasteiger partial charge >= 0.3 is 0 Å². The van der Waals surface area contributed by atoms with Crippen molar-refractivity contribution in [3.63, 3.8) is 0 Å². The zero-order valence-electron chi connectivity index (χ0n) is 23.5. The molecule has 2 aromatic heterocycles. The van der Waals surface area contributed by atoms with E-state index in [-0.39, 0.29) is 30.5 Å². The number of sulfonamides is 1. The van der Waals surface area contributed by atoms with E-state index >= 15 is 0 Å². The number of nitrogens with zero attached hydrogens (tertiary/aromatic N) is 9. The van der Waals surface area contributed by atoms with Crippen molar-refractivity contribution in [2.24, 2.45) is 0 Å². The Hall–Kier alpha value is -2.92. The first-order chi connectivity index (χ1) is 20.2. The molecule has 3 aromatic rings. The largest absolute Gasteiger partial charge is 0.491 e. The van der Waals surface area contributed by atoms with Gasteiger partial charge in [0.1, 0.15) is 16.5 Å². The van der Waals surface area contributed by atoms with E-state index in [0.717, 1.165) is 13.0 Å². The summed E-state index contributed by atoms with van der Waals surface area (Å²) in [6.07, 6.45) is -2.17. The van der Waals surface area contributed by atoms with Crippen LogP contribution in [-0.4, -0.2) is 127 Å². The highest BCUT2D eigenvalue weighted by atomic mass is 35.5. The molecule has 4 heterocycles. The molecule has 13 nitrogen and oxygen atoms in total. The molecule has 0 unspecified atom stereocenters. The molecule has 42 heavy (non-hydrogen) atoms. The van der Waals surface area contributed by atoms with Crippen LogP contribution in [0.25, 0.3) is 17.0 Å². The molecule has 0 saturated carbocycles. The number of piperazine rings is 1. The molecule has 0 spiro atoms.